The molecule has 1 fully saturated rings. The van der Waals surface area contributed by atoms with Crippen molar-refractivity contribution in [1.82, 2.24) is 25.1 Å². The Labute approximate surface area is 193 Å². The molecule has 7 heteroatoms. The van der Waals surface area contributed by atoms with E-state index in [0.717, 1.165) is 43.1 Å². The van der Waals surface area contributed by atoms with E-state index in [1.165, 1.54) is 11.6 Å². The molecule has 5 rings (SSSR count). The lowest BCUT2D eigenvalue weighted by Gasteiger charge is -2.40. The first-order valence-corrected chi connectivity index (χ1v) is 11.3. The van der Waals surface area contributed by atoms with Gasteiger partial charge in [0.2, 0.25) is 0 Å². The lowest BCUT2D eigenvalue weighted by Crippen LogP contribution is -2.48. The monoisotopic (exact) mass is 442 g/mol. The van der Waals surface area contributed by atoms with Crippen molar-refractivity contribution in [3.8, 4) is 0 Å². The smallest absolute Gasteiger partial charge is 0.173 e. The Morgan fingerprint density at radius 1 is 0.848 bits per heavy atom. The van der Waals surface area contributed by atoms with Crippen molar-refractivity contribution in [3.63, 3.8) is 0 Å². The van der Waals surface area contributed by atoms with Gasteiger partial charge in [-0.05, 0) is 40.6 Å². The van der Waals surface area contributed by atoms with Gasteiger partial charge in [0.1, 0.15) is 5.82 Å². The molecule has 1 unspecified atom stereocenters. The van der Waals surface area contributed by atoms with Gasteiger partial charge in [0.15, 0.2) is 5.82 Å². The van der Waals surface area contributed by atoms with Gasteiger partial charge in [0.25, 0.3) is 0 Å². The fraction of sp³-hybridized carbons (Fsp3) is 0.269. The Bertz CT molecular complexity index is 1180. The van der Waals surface area contributed by atoms with Crippen LogP contribution in [0.1, 0.15) is 28.6 Å². The summed E-state index contributed by atoms with van der Waals surface area (Å²) in [4.78, 5) is 4.51. The summed E-state index contributed by atoms with van der Waals surface area (Å²) < 4.78 is 16.2. The van der Waals surface area contributed by atoms with Crippen LogP contribution in [0.5, 0.6) is 0 Å². The second-order valence-electron chi connectivity index (χ2n) is 8.47. The molecule has 0 N–H and O–H groups in total. The third kappa shape index (κ3) is 4.64. The van der Waals surface area contributed by atoms with Crippen molar-refractivity contribution in [1.29, 1.82) is 0 Å². The second-order valence-corrected chi connectivity index (χ2v) is 8.47. The molecule has 1 atom stereocenters. The van der Waals surface area contributed by atoms with Crippen LogP contribution in [-0.4, -0.2) is 51.3 Å². The third-order valence-corrected chi connectivity index (χ3v) is 6.24. The minimum atomic E-state index is -0.173. The van der Waals surface area contributed by atoms with Crippen molar-refractivity contribution in [3.05, 3.63) is 107 Å². The Kier molecular flexibility index (Phi) is 6.13. The molecule has 1 aliphatic rings. The number of hydrogen-bond acceptors (Lipinski definition) is 5. The number of aryl methyl sites for hydroxylation is 1. The zero-order valence-corrected chi connectivity index (χ0v) is 18.7. The first-order chi connectivity index (χ1) is 16.2. The second kappa shape index (κ2) is 9.50. The summed E-state index contributed by atoms with van der Waals surface area (Å²) in [6.07, 6.45) is 0. The van der Waals surface area contributed by atoms with Crippen LogP contribution in [0.25, 0.3) is 0 Å². The van der Waals surface area contributed by atoms with Gasteiger partial charge in [-0.25, -0.2) is 9.07 Å². The van der Waals surface area contributed by atoms with Crippen LogP contribution in [0, 0.1) is 12.7 Å². The molecule has 0 bridgehead atoms. The van der Waals surface area contributed by atoms with Gasteiger partial charge >= 0.3 is 0 Å². The predicted octanol–water partition coefficient (Wildman–Crippen LogP) is 4.08. The average molecular weight is 443 g/mol. The lowest BCUT2D eigenvalue weighted by molar-refractivity contribution is 0.201. The summed E-state index contributed by atoms with van der Waals surface area (Å²) in [6.45, 7) is 5.75. The largest absolute Gasteiger partial charge is 0.367 e. The predicted molar refractivity (Wildman–Crippen MR) is 127 cm³/mol. The Balaban J connectivity index is 1.43. The summed E-state index contributed by atoms with van der Waals surface area (Å²) in [5.41, 5.74) is 4.19. The Morgan fingerprint density at radius 3 is 2.27 bits per heavy atom. The van der Waals surface area contributed by atoms with Crippen molar-refractivity contribution in [2.45, 2.75) is 19.5 Å². The molecule has 3 aromatic carbocycles. The SMILES string of the molecule is Cc1ccc(C(c2nnnn2Cc2ccccc2)N2CCN(c3ccccc3F)CC2)cc1. The van der Waals surface area contributed by atoms with E-state index in [9.17, 15) is 4.39 Å². The van der Waals surface area contributed by atoms with Crippen LogP contribution in [0.15, 0.2) is 78.9 Å². The van der Waals surface area contributed by atoms with E-state index in [1.807, 2.05) is 35.0 Å². The summed E-state index contributed by atoms with van der Waals surface area (Å²) in [7, 11) is 0. The molecule has 168 valence electrons. The zero-order chi connectivity index (χ0) is 22.6. The number of piperazine rings is 1. The van der Waals surface area contributed by atoms with Crippen LogP contribution in [0.4, 0.5) is 10.1 Å². The van der Waals surface area contributed by atoms with Crippen LogP contribution in [0.2, 0.25) is 0 Å². The lowest BCUT2D eigenvalue weighted by atomic mass is 10.0. The van der Waals surface area contributed by atoms with Crippen molar-refractivity contribution < 1.29 is 4.39 Å². The molecule has 2 heterocycles. The van der Waals surface area contributed by atoms with Crippen LogP contribution in [0.3, 0.4) is 0 Å². The van der Waals surface area contributed by atoms with Crippen molar-refractivity contribution >= 4 is 5.69 Å². The quantitative estimate of drug-likeness (QED) is 0.450. The zero-order valence-electron chi connectivity index (χ0n) is 18.7. The fourth-order valence-electron chi connectivity index (χ4n) is 4.48. The molecule has 1 aliphatic heterocycles. The number of para-hydroxylation sites is 1. The van der Waals surface area contributed by atoms with Gasteiger partial charge < -0.3 is 4.90 Å². The number of aromatic nitrogens is 4. The maximum Gasteiger partial charge on any atom is 0.173 e. The number of benzene rings is 3. The fourth-order valence-corrected chi connectivity index (χ4v) is 4.48. The van der Waals surface area contributed by atoms with Gasteiger partial charge in [-0.1, -0.05) is 72.3 Å². The van der Waals surface area contributed by atoms with Crippen LogP contribution in [-0.2, 0) is 6.54 Å². The van der Waals surface area contributed by atoms with Crippen molar-refractivity contribution in [2.75, 3.05) is 31.1 Å². The Hall–Kier alpha value is -3.58. The molecule has 6 nitrogen and oxygen atoms in total. The van der Waals surface area contributed by atoms with E-state index in [-0.39, 0.29) is 11.9 Å². The highest BCUT2D eigenvalue weighted by Gasteiger charge is 2.31. The van der Waals surface area contributed by atoms with Gasteiger partial charge in [0.05, 0.1) is 18.3 Å². The molecular weight excluding hydrogens is 415 g/mol. The third-order valence-electron chi connectivity index (χ3n) is 6.24. The summed E-state index contributed by atoms with van der Waals surface area (Å²) >= 11 is 0. The molecule has 0 aliphatic carbocycles. The molecular formula is C26H27FN6. The van der Waals surface area contributed by atoms with E-state index in [4.69, 9.17) is 0 Å². The standard InChI is InChI=1S/C26H27FN6/c1-20-11-13-22(14-12-20)25(26-28-29-30-33(26)19-21-7-3-2-4-8-21)32-17-15-31(16-18-32)24-10-6-5-9-23(24)27/h2-14,25H,15-19H2,1H3. The highest BCUT2D eigenvalue weighted by molar-refractivity contribution is 5.48. The number of halogens is 1. The topological polar surface area (TPSA) is 50.1 Å². The van der Waals surface area contributed by atoms with Gasteiger partial charge in [0, 0.05) is 26.2 Å². The van der Waals surface area contributed by atoms with Gasteiger partial charge in [-0.2, -0.15) is 0 Å². The van der Waals surface area contributed by atoms with E-state index < -0.39 is 0 Å². The molecule has 0 radical (unpaired) electrons. The normalized spacial score (nSPS) is 15.5. The Morgan fingerprint density at radius 2 is 1.55 bits per heavy atom. The van der Waals surface area contributed by atoms with E-state index >= 15 is 0 Å². The number of tetrazole rings is 1. The molecule has 1 saturated heterocycles. The van der Waals surface area contributed by atoms with Crippen LogP contribution >= 0.6 is 0 Å². The molecule has 0 spiro atoms. The number of hydrogen-bond donors (Lipinski definition) is 0. The summed E-state index contributed by atoms with van der Waals surface area (Å²) in [5.74, 6) is 0.648. The highest BCUT2D eigenvalue weighted by Crippen LogP contribution is 2.30. The molecule has 0 saturated carbocycles. The molecule has 33 heavy (non-hydrogen) atoms. The first kappa shape index (κ1) is 21.3. The van der Waals surface area contributed by atoms with Crippen LogP contribution < -0.4 is 4.90 Å². The van der Waals surface area contributed by atoms with E-state index in [1.54, 1.807) is 6.07 Å². The minimum absolute atomic E-state index is 0.0768. The first-order valence-electron chi connectivity index (χ1n) is 11.3. The summed E-state index contributed by atoms with van der Waals surface area (Å²) in [5, 5.41) is 12.8. The van der Waals surface area contributed by atoms with Crippen molar-refractivity contribution in [2.24, 2.45) is 0 Å². The molecule has 4 aromatic rings. The van der Waals surface area contributed by atoms with Gasteiger partial charge in [-0.15, -0.1) is 5.10 Å². The minimum Gasteiger partial charge on any atom is -0.367 e. The summed E-state index contributed by atoms with van der Waals surface area (Å²) in [6, 6.07) is 25.7. The highest BCUT2D eigenvalue weighted by atomic mass is 19.1. The maximum absolute atomic E-state index is 14.3. The van der Waals surface area contributed by atoms with Gasteiger partial charge in [-0.3, -0.25) is 4.90 Å². The number of rotatable bonds is 6. The molecule has 1 aromatic heterocycles. The number of nitrogens with zero attached hydrogens (tertiary/aromatic N) is 6. The molecule has 0 amide bonds. The maximum atomic E-state index is 14.3. The number of anilines is 1. The average Bonchev–Trinajstić information content (AvgIpc) is 3.29. The van der Waals surface area contributed by atoms with E-state index in [2.05, 4.69) is 68.6 Å². The van der Waals surface area contributed by atoms with E-state index in [0.29, 0.717) is 12.2 Å².